The fraction of sp³-hybridized carbons (Fsp3) is 0.500. The molecule has 1 aliphatic rings. The molecule has 1 atom stereocenters. The van der Waals surface area contributed by atoms with Crippen LogP contribution in [0, 0.1) is 5.92 Å². The van der Waals surface area contributed by atoms with Gasteiger partial charge in [-0.15, -0.1) is 0 Å². The number of nitrogens with zero attached hydrogens (tertiary/aromatic N) is 1. The first-order chi connectivity index (χ1) is 10.5. The summed E-state index contributed by atoms with van der Waals surface area (Å²) in [7, 11) is 0. The monoisotopic (exact) mass is 307 g/mol. The van der Waals surface area contributed by atoms with Crippen molar-refractivity contribution in [2.75, 3.05) is 18.2 Å². The molecule has 6 nitrogen and oxygen atoms in total. The summed E-state index contributed by atoms with van der Waals surface area (Å²) in [5.41, 5.74) is 0.637. The maximum Gasteiger partial charge on any atom is 0.308 e. The van der Waals surface area contributed by atoms with Crippen LogP contribution in [0.3, 0.4) is 0 Å². The van der Waals surface area contributed by atoms with E-state index in [1.54, 1.807) is 25.1 Å². The minimum absolute atomic E-state index is 0.0752. The predicted molar refractivity (Wildman–Crippen MR) is 81.2 cm³/mol. The lowest BCUT2D eigenvalue weighted by Gasteiger charge is -2.25. The molecule has 1 aliphatic heterocycles. The molecule has 1 unspecified atom stereocenters. The van der Waals surface area contributed by atoms with Crippen molar-refractivity contribution in [1.29, 1.82) is 0 Å². The Balaban J connectivity index is 2.22. The highest BCUT2D eigenvalue weighted by Gasteiger charge is 2.23. The molecular formula is C16H21NO5. The average molecular weight is 307 g/mol. The summed E-state index contributed by atoms with van der Waals surface area (Å²) in [6, 6.07) is 5.22. The maximum atomic E-state index is 12.4. The normalized spacial score (nSPS) is 13.7. The summed E-state index contributed by atoms with van der Waals surface area (Å²) < 4.78 is 10.6. The van der Waals surface area contributed by atoms with Crippen LogP contribution in [0.15, 0.2) is 18.2 Å². The molecule has 1 N–H and O–H groups in total. The summed E-state index contributed by atoms with van der Waals surface area (Å²) >= 11 is 0. The van der Waals surface area contributed by atoms with Gasteiger partial charge < -0.3 is 19.5 Å². The van der Waals surface area contributed by atoms with E-state index >= 15 is 0 Å². The molecular weight excluding hydrogens is 286 g/mol. The van der Waals surface area contributed by atoms with Gasteiger partial charge >= 0.3 is 5.97 Å². The number of carbonyl (C=O) groups is 2. The molecule has 1 heterocycles. The molecule has 0 saturated carbocycles. The van der Waals surface area contributed by atoms with Gasteiger partial charge in [-0.05, 0) is 18.6 Å². The van der Waals surface area contributed by atoms with Gasteiger partial charge in [0.15, 0.2) is 11.5 Å². The topological polar surface area (TPSA) is 76.1 Å². The van der Waals surface area contributed by atoms with Crippen LogP contribution in [-0.2, 0) is 9.59 Å². The van der Waals surface area contributed by atoms with Crippen molar-refractivity contribution in [1.82, 2.24) is 0 Å². The molecule has 1 aromatic rings. The summed E-state index contributed by atoms with van der Waals surface area (Å²) in [5, 5.41) is 9.11. The highest BCUT2D eigenvalue weighted by molar-refractivity contribution is 5.94. The molecule has 0 spiro atoms. The van der Waals surface area contributed by atoms with E-state index in [-0.39, 0.29) is 19.2 Å². The summed E-state index contributed by atoms with van der Waals surface area (Å²) in [5.74, 6) is -0.427. The summed E-state index contributed by atoms with van der Waals surface area (Å²) in [6.45, 7) is 3.90. The lowest BCUT2D eigenvalue weighted by Crippen LogP contribution is -2.36. The van der Waals surface area contributed by atoms with Gasteiger partial charge in [0.1, 0.15) is 0 Å². The number of ether oxygens (including phenoxy) is 2. The van der Waals surface area contributed by atoms with Gasteiger partial charge in [0.2, 0.25) is 12.7 Å². The highest BCUT2D eigenvalue weighted by atomic mass is 16.7. The first kappa shape index (κ1) is 16.1. The van der Waals surface area contributed by atoms with Gasteiger partial charge in [0.05, 0.1) is 5.92 Å². The highest BCUT2D eigenvalue weighted by Crippen LogP contribution is 2.35. The van der Waals surface area contributed by atoms with Gasteiger partial charge in [-0.25, -0.2) is 0 Å². The van der Waals surface area contributed by atoms with Gasteiger partial charge in [0, 0.05) is 24.7 Å². The number of benzene rings is 1. The van der Waals surface area contributed by atoms with Crippen LogP contribution in [0.4, 0.5) is 5.69 Å². The number of carboxylic acid groups (broad SMARTS) is 1. The third kappa shape index (κ3) is 3.69. The molecule has 0 aromatic heterocycles. The zero-order chi connectivity index (χ0) is 16.1. The number of hydrogen-bond acceptors (Lipinski definition) is 4. The van der Waals surface area contributed by atoms with E-state index in [1.807, 2.05) is 6.92 Å². The number of anilines is 1. The molecule has 1 aromatic carbocycles. The molecule has 0 bridgehead atoms. The quantitative estimate of drug-likeness (QED) is 0.838. The summed E-state index contributed by atoms with van der Waals surface area (Å²) in [6.07, 6.45) is 2.09. The van der Waals surface area contributed by atoms with E-state index in [0.29, 0.717) is 23.6 Å². The smallest absolute Gasteiger partial charge is 0.308 e. The van der Waals surface area contributed by atoms with Gasteiger partial charge in [-0.1, -0.05) is 20.3 Å². The van der Waals surface area contributed by atoms with E-state index in [9.17, 15) is 9.59 Å². The van der Waals surface area contributed by atoms with E-state index in [0.717, 1.165) is 12.8 Å². The van der Waals surface area contributed by atoms with Crippen LogP contribution in [-0.4, -0.2) is 30.3 Å². The Hall–Kier alpha value is -2.24. The van der Waals surface area contributed by atoms with Crippen molar-refractivity contribution in [3.63, 3.8) is 0 Å². The fourth-order valence-corrected chi connectivity index (χ4v) is 2.22. The number of amides is 1. The zero-order valence-corrected chi connectivity index (χ0v) is 12.9. The second-order valence-electron chi connectivity index (χ2n) is 5.38. The van der Waals surface area contributed by atoms with Crippen molar-refractivity contribution in [2.45, 2.75) is 33.1 Å². The number of carbonyl (C=O) groups excluding carboxylic acids is 1. The van der Waals surface area contributed by atoms with Crippen LogP contribution in [0.25, 0.3) is 0 Å². The fourth-order valence-electron chi connectivity index (χ4n) is 2.22. The molecule has 120 valence electrons. The Morgan fingerprint density at radius 3 is 2.73 bits per heavy atom. The van der Waals surface area contributed by atoms with Crippen molar-refractivity contribution in [3.8, 4) is 11.5 Å². The standard InChI is InChI=1S/C16H21NO5/c1-3-4-5-15(18)17(9-11(2)16(19)20)12-6-7-13-14(8-12)22-10-21-13/h6-8,11H,3-5,9-10H2,1-2H3,(H,19,20). The molecule has 6 heteroatoms. The van der Waals surface area contributed by atoms with Crippen LogP contribution in [0.1, 0.15) is 33.1 Å². The van der Waals surface area contributed by atoms with Gasteiger partial charge in [-0.3, -0.25) is 9.59 Å². The average Bonchev–Trinajstić information content (AvgIpc) is 2.97. The van der Waals surface area contributed by atoms with Crippen molar-refractivity contribution >= 4 is 17.6 Å². The molecule has 2 rings (SSSR count). The molecule has 0 saturated heterocycles. The lowest BCUT2D eigenvalue weighted by atomic mass is 10.1. The Morgan fingerprint density at radius 2 is 2.05 bits per heavy atom. The first-order valence-corrected chi connectivity index (χ1v) is 7.45. The van der Waals surface area contributed by atoms with E-state index in [4.69, 9.17) is 14.6 Å². The van der Waals surface area contributed by atoms with Crippen LogP contribution in [0.5, 0.6) is 11.5 Å². The SMILES string of the molecule is CCCCC(=O)N(CC(C)C(=O)O)c1ccc2c(c1)OCO2. The van der Waals surface area contributed by atoms with E-state index in [1.165, 1.54) is 4.90 Å². The minimum atomic E-state index is -0.922. The number of aliphatic carboxylic acids is 1. The molecule has 0 radical (unpaired) electrons. The Bertz CT molecular complexity index is 557. The third-order valence-corrected chi connectivity index (χ3v) is 3.59. The van der Waals surface area contributed by atoms with Gasteiger partial charge in [-0.2, -0.15) is 0 Å². The third-order valence-electron chi connectivity index (χ3n) is 3.59. The minimum Gasteiger partial charge on any atom is -0.481 e. The van der Waals surface area contributed by atoms with Gasteiger partial charge in [0.25, 0.3) is 0 Å². The zero-order valence-electron chi connectivity index (χ0n) is 12.9. The Morgan fingerprint density at radius 1 is 1.32 bits per heavy atom. The van der Waals surface area contributed by atoms with Crippen molar-refractivity contribution < 1.29 is 24.2 Å². The Labute approximate surface area is 129 Å². The number of unbranched alkanes of at least 4 members (excludes halogenated alkanes) is 1. The molecule has 1 amide bonds. The van der Waals surface area contributed by atoms with Crippen molar-refractivity contribution in [3.05, 3.63) is 18.2 Å². The largest absolute Gasteiger partial charge is 0.481 e. The second kappa shape index (κ2) is 7.15. The Kier molecular flexibility index (Phi) is 5.25. The van der Waals surface area contributed by atoms with E-state index < -0.39 is 11.9 Å². The number of fused-ring (bicyclic) bond motifs is 1. The summed E-state index contributed by atoms with van der Waals surface area (Å²) in [4.78, 5) is 25.1. The molecule has 22 heavy (non-hydrogen) atoms. The second-order valence-corrected chi connectivity index (χ2v) is 5.38. The first-order valence-electron chi connectivity index (χ1n) is 7.45. The lowest BCUT2D eigenvalue weighted by molar-refractivity contribution is -0.140. The van der Waals surface area contributed by atoms with E-state index in [2.05, 4.69) is 0 Å². The molecule has 0 aliphatic carbocycles. The maximum absolute atomic E-state index is 12.4. The van der Waals surface area contributed by atoms with Crippen LogP contribution in [0.2, 0.25) is 0 Å². The molecule has 0 fully saturated rings. The number of rotatable bonds is 7. The van der Waals surface area contributed by atoms with Crippen LogP contribution < -0.4 is 14.4 Å². The number of carboxylic acids is 1. The van der Waals surface area contributed by atoms with Crippen molar-refractivity contribution in [2.24, 2.45) is 5.92 Å². The van der Waals surface area contributed by atoms with Crippen LogP contribution >= 0.6 is 0 Å². The predicted octanol–water partition coefficient (Wildman–Crippen LogP) is 2.66. The number of hydrogen-bond donors (Lipinski definition) is 1.